The third kappa shape index (κ3) is 3.66. The van der Waals surface area contributed by atoms with E-state index in [9.17, 15) is 9.90 Å². The Hall–Kier alpha value is -1.17. The summed E-state index contributed by atoms with van der Waals surface area (Å²) >= 11 is 11.4. The predicted molar refractivity (Wildman–Crippen MR) is 70.2 cm³/mol. The van der Waals surface area contributed by atoms with Gasteiger partial charge in [-0.1, -0.05) is 11.6 Å². The number of alkyl halides is 1. The maximum Gasteiger partial charge on any atom is 0.339 e. The van der Waals surface area contributed by atoms with Crippen molar-refractivity contribution in [3.05, 3.63) is 22.7 Å². The highest BCUT2D eigenvalue weighted by atomic mass is 35.5. The fraction of sp³-hybridized carbons (Fsp3) is 0.364. The molecule has 1 atom stereocenters. The van der Waals surface area contributed by atoms with Crippen molar-refractivity contribution in [1.29, 1.82) is 0 Å². The normalized spacial score (nSPS) is 12.0. The Morgan fingerprint density at radius 1 is 1.56 bits per heavy atom. The van der Waals surface area contributed by atoms with E-state index in [4.69, 9.17) is 33.0 Å². The molecule has 0 aliphatic carbocycles. The Balaban J connectivity index is 2.97. The predicted octanol–water partition coefficient (Wildman–Crippen LogP) is 2.06. The van der Waals surface area contributed by atoms with Crippen molar-refractivity contribution in [1.82, 2.24) is 0 Å². The van der Waals surface area contributed by atoms with Gasteiger partial charge in [-0.25, -0.2) is 4.79 Å². The highest BCUT2D eigenvalue weighted by Crippen LogP contribution is 2.30. The van der Waals surface area contributed by atoms with Gasteiger partial charge in [0.2, 0.25) is 0 Å². The van der Waals surface area contributed by atoms with Gasteiger partial charge in [0.1, 0.15) is 11.3 Å². The second-order valence-electron chi connectivity index (χ2n) is 3.53. The Labute approximate surface area is 114 Å². The second kappa shape index (κ2) is 6.68. The van der Waals surface area contributed by atoms with Crippen molar-refractivity contribution in [2.45, 2.75) is 6.10 Å². The number of hydrogen-bond donors (Lipinski definition) is 3. The van der Waals surface area contributed by atoms with Crippen LogP contribution in [0.5, 0.6) is 5.75 Å². The molecule has 7 heteroatoms. The number of nitrogens with one attached hydrogen (secondary N) is 1. The van der Waals surface area contributed by atoms with Crippen LogP contribution in [0.3, 0.4) is 0 Å². The Morgan fingerprint density at radius 3 is 2.72 bits per heavy atom. The van der Waals surface area contributed by atoms with Crippen molar-refractivity contribution in [3.8, 4) is 5.75 Å². The number of halogens is 2. The number of benzene rings is 1. The summed E-state index contributed by atoms with van der Waals surface area (Å²) in [7, 11) is 1.37. The van der Waals surface area contributed by atoms with Crippen molar-refractivity contribution >= 4 is 34.9 Å². The van der Waals surface area contributed by atoms with E-state index in [2.05, 4.69) is 5.32 Å². The molecule has 0 spiro atoms. The van der Waals surface area contributed by atoms with Gasteiger partial charge in [0.05, 0.1) is 29.8 Å². The first-order valence-corrected chi connectivity index (χ1v) is 5.99. The first-order valence-electron chi connectivity index (χ1n) is 5.08. The third-order valence-corrected chi connectivity index (χ3v) is 2.89. The van der Waals surface area contributed by atoms with E-state index in [1.807, 2.05) is 0 Å². The molecule has 0 fully saturated rings. The molecule has 1 unspecified atom stereocenters. The number of carboxylic acids is 1. The molecule has 1 aromatic rings. The highest BCUT2D eigenvalue weighted by molar-refractivity contribution is 6.33. The summed E-state index contributed by atoms with van der Waals surface area (Å²) in [5, 5.41) is 21.4. The number of rotatable bonds is 6. The van der Waals surface area contributed by atoms with Crippen molar-refractivity contribution in [3.63, 3.8) is 0 Å². The van der Waals surface area contributed by atoms with Crippen molar-refractivity contribution in [2.75, 3.05) is 24.9 Å². The van der Waals surface area contributed by atoms with Crippen LogP contribution in [0.25, 0.3) is 0 Å². The molecule has 0 heterocycles. The van der Waals surface area contributed by atoms with Crippen LogP contribution in [-0.4, -0.2) is 41.8 Å². The molecule has 100 valence electrons. The molecule has 3 N–H and O–H groups in total. The monoisotopic (exact) mass is 293 g/mol. The second-order valence-corrected chi connectivity index (χ2v) is 4.24. The molecule has 0 saturated heterocycles. The molecule has 0 saturated carbocycles. The van der Waals surface area contributed by atoms with Gasteiger partial charge in [0, 0.05) is 12.6 Å². The average Bonchev–Trinajstić information content (AvgIpc) is 2.36. The number of aromatic carboxylic acids is 1. The minimum atomic E-state index is -1.12. The minimum Gasteiger partial charge on any atom is -0.496 e. The molecule has 1 rings (SSSR count). The number of aliphatic hydroxyl groups is 1. The van der Waals surface area contributed by atoms with E-state index in [0.717, 1.165) is 0 Å². The van der Waals surface area contributed by atoms with Gasteiger partial charge >= 0.3 is 5.97 Å². The van der Waals surface area contributed by atoms with Gasteiger partial charge < -0.3 is 20.3 Å². The van der Waals surface area contributed by atoms with Crippen LogP contribution in [0.2, 0.25) is 5.02 Å². The lowest BCUT2D eigenvalue weighted by molar-refractivity contribution is 0.0693. The summed E-state index contributed by atoms with van der Waals surface area (Å²) in [6.07, 6.45) is -0.715. The molecule has 5 nitrogen and oxygen atoms in total. The summed E-state index contributed by atoms with van der Waals surface area (Å²) in [6, 6.07) is 2.75. The van der Waals surface area contributed by atoms with Gasteiger partial charge in [-0.15, -0.1) is 11.6 Å². The molecular formula is C11H13Cl2NO4. The lowest BCUT2D eigenvalue weighted by atomic mass is 10.1. The zero-order chi connectivity index (χ0) is 13.7. The minimum absolute atomic E-state index is 0.0223. The van der Waals surface area contributed by atoms with Crippen LogP contribution in [0.1, 0.15) is 10.4 Å². The van der Waals surface area contributed by atoms with Gasteiger partial charge in [0.15, 0.2) is 0 Å². The average molecular weight is 294 g/mol. The standard InChI is InChI=1S/C11H13Cl2NO4/c1-18-10-3-9(14-5-6(15)4-12)8(13)2-7(10)11(16)17/h2-3,6,14-15H,4-5H2,1H3,(H,16,17). The lowest BCUT2D eigenvalue weighted by Crippen LogP contribution is -2.21. The topological polar surface area (TPSA) is 78.8 Å². The van der Waals surface area contributed by atoms with Crippen LogP contribution in [-0.2, 0) is 0 Å². The zero-order valence-corrected chi connectivity index (χ0v) is 11.1. The smallest absolute Gasteiger partial charge is 0.339 e. The number of carbonyl (C=O) groups is 1. The highest BCUT2D eigenvalue weighted by Gasteiger charge is 2.15. The maximum absolute atomic E-state index is 10.9. The summed E-state index contributed by atoms with van der Waals surface area (Å²) in [4.78, 5) is 10.9. The number of ether oxygens (including phenoxy) is 1. The molecule has 0 radical (unpaired) electrons. The van der Waals surface area contributed by atoms with Gasteiger partial charge in [-0.2, -0.15) is 0 Å². The van der Waals surface area contributed by atoms with E-state index in [1.165, 1.54) is 19.2 Å². The summed E-state index contributed by atoms with van der Waals surface area (Å²) < 4.78 is 4.97. The molecule has 1 aromatic carbocycles. The largest absolute Gasteiger partial charge is 0.496 e. The molecule has 0 aliphatic heterocycles. The lowest BCUT2D eigenvalue weighted by Gasteiger charge is -2.14. The quantitative estimate of drug-likeness (QED) is 0.700. The van der Waals surface area contributed by atoms with Gasteiger partial charge in [0.25, 0.3) is 0 Å². The van der Waals surface area contributed by atoms with Crippen LogP contribution in [0.15, 0.2) is 12.1 Å². The Morgan fingerprint density at radius 2 is 2.22 bits per heavy atom. The summed E-state index contributed by atoms with van der Waals surface area (Å²) in [6.45, 7) is 0.207. The molecule has 0 amide bonds. The van der Waals surface area contributed by atoms with E-state index >= 15 is 0 Å². The maximum atomic E-state index is 10.9. The first kappa shape index (κ1) is 14.9. The molecule has 0 bridgehead atoms. The van der Waals surface area contributed by atoms with E-state index in [1.54, 1.807) is 0 Å². The SMILES string of the molecule is COc1cc(NCC(O)CCl)c(Cl)cc1C(=O)O. The molecule has 18 heavy (non-hydrogen) atoms. The van der Waals surface area contributed by atoms with Crippen LogP contribution < -0.4 is 10.1 Å². The third-order valence-electron chi connectivity index (χ3n) is 2.23. The molecule has 0 aromatic heterocycles. The Bertz CT molecular complexity index is 439. The molecule has 0 aliphatic rings. The van der Waals surface area contributed by atoms with E-state index in [0.29, 0.717) is 5.69 Å². The number of hydrogen-bond acceptors (Lipinski definition) is 4. The fourth-order valence-electron chi connectivity index (χ4n) is 1.31. The van der Waals surface area contributed by atoms with Crippen molar-refractivity contribution < 1.29 is 19.7 Å². The van der Waals surface area contributed by atoms with E-state index < -0.39 is 12.1 Å². The number of carboxylic acid groups (broad SMARTS) is 1. The number of anilines is 1. The van der Waals surface area contributed by atoms with Gasteiger partial charge in [-0.3, -0.25) is 0 Å². The zero-order valence-electron chi connectivity index (χ0n) is 9.61. The number of aliphatic hydroxyl groups excluding tert-OH is 1. The Kier molecular flexibility index (Phi) is 5.53. The van der Waals surface area contributed by atoms with Crippen LogP contribution in [0, 0.1) is 0 Å². The van der Waals surface area contributed by atoms with Crippen LogP contribution in [0.4, 0.5) is 5.69 Å². The number of methoxy groups -OCH3 is 1. The first-order chi connectivity index (χ1) is 8.49. The van der Waals surface area contributed by atoms with E-state index in [-0.39, 0.29) is 28.8 Å². The fourth-order valence-corrected chi connectivity index (χ4v) is 1.65. The summed E-state index contributed by atoms with van der Waals surface area (Å²) in [5.74, 6) is -0.842. The molecular weight excluding hydrogens is 281 g/mol. The van der Waals surface area contributed by atoms with Crippen LogP contribution >= 0.6 is 23.2 Å². The van der Waals surface area contributed by atoms with Gasteiger partial charge in [-0.05, 0) is 6.07 Å². The summed E-state index contributed by atoms with van der Waals surface area (Å²) in [5.41, 5.74) is 0.452. The van der Waals surface area contributed by atoms with Crippen molar-refractivity contribution in [2.24, 2.45) is 0 Å².